The SMILES string of the molecule is O=C(NCC1CCN(C(=O)OC(C(F)(F)F)C(F)(F)F)C1)Nc1cccc(Cl)c1. The zero-order chi connectivity index (χ0) is 21.8. The topological polar surface area (TPSA) is 70.7 Å². The summed E-state index contributed by atoms with van der Waals surface area (Å²) in [7, 11) is 0. The molecule has 13 heteroatoms. The molecule has 6 nitrogen and oxygen atoms in total. The number of hydrogen-bond acceptors (Lipinski definition) is 3. The Hall–Kier alpha value is -2.37. The van der Waals surface area contributed by atoms with Crippen LogP contribution in [0.3, 0.4) is 0 Å². The maximum Gasteiger partial charge on any atom is 0.434 e. The molecule has 0 spiro atoms. The largest absolute Gasteiger partial charge is 0.434 e. The van der Waals surface area contributed by atoms with Crippen molar-refractivity contribution in [2.45, 2.75) is 24.9 Å². The highest BCUT2D eigenvalue weighted by Crippen LogP contribution is 2.36. The van der Waals surface area contributed by atoms with E-state index >= 15 is 0 Å². The average molecular weight is 448 g/mol. The van der Waals surface area contributed by atoms with Gasteiger partial charge in [-0.1, -0.05) is 17.7 Å². The maximum atomic E-state index is 12.5. The summed E-state index contributed by atoms with van der Waals surface area (Å²) in [4.78, 5) is 24.3. The molecule has 0 aliphatic carbocycles. The quantitative estimate of drug-likeness (QED) is 0.672. The molecule has 1 aromatic rings. The van der Waals surface area contributed by atoms with E-state index in [-0.39, 0.29) is 32.0 Å². The number of halogens is 7. The minimum atomic E-state index is -5.77. The van der Waals surface area contributed by atoms with Crippen LogP contribution >= 0.6 is 11.6 Å². The molecule has 1 saturated heterocycles. The van der Waals surface area contributed by atoms with Crippen LogP contribution in [0, 0.1) is 5.92 Å². The van der Waals surface area contributed by atoms with Gasteiger partial charge in [0.25, 0.3) is 6.10 Å². The summed E-state index contributed by atoms with van der Waals surface area (Å²) in [5.74, 6) is -0.358. The lowest BCUT2D eigenvalue weighted by molar-refractivity contribution is -0.308. The van der Waals surface area contributed by atoms with E-state index < -0.39 is 30.6 Å². The van der Waals surface area contributed by atoms with Crippen molar-refractivity contribution in [1.82, 2.24) is 10.2 Å². The van der Waals surface area contributed by atoms with E-state index in [4.69, 9.17) is 11.6 Å². The Balaban J connectivity index is 1.82. The van der Waals surface area contributed by atoms with Gasteiger partial charge in [0, 0.05) is 30.3 Å². The summed E-state index contributed by atoms with van der Waals surface area (Å²) in [6.45, 7) is -0.194. The van der Waals surface area contributed by atoms with Crippen molar-refractivity contribution in [2.24, 2.45) is 5.92 Å². The zero-order valence-electron chi connectivity index (χ0n) is 14.6. The number of anilines is 1. The third-order valence-corrected chi connectivity index (χ3v) is 4.23. The van der Waals surface area contributed by atoms with Crippen LogP contribution in [0.25, 0.3) is 0 Å². The Morgan fingerprint density at radius 2 is 1.86 bits per heavy atom. The number of alkyl halides is 6. The highest BCUT2D eigenvalue weighted by Gasteiger charge is 2.60. The van der Waals surface area contributed by atoms with Crippen LogP contribution in [0.4, 0.5) is 41.6 Å². The van der Waals surface area contributed by atoms with E-state index in [1.165, 1.54) is 6.07 Å². The van der Waals surface area contributed by atoms with Gasteiger partial charge in [-0.25, -0.2) is 9.59 Å². The second-order valence-corrected chi connectivity index (χ2v) is 6.73. The number of amides is 3. The van der Waals surface area contributed by atoms with Gasteiger partial charge in [0.2, 0.25) is 0 Å². The van der Waals surface area contributed by atoms with Gasteiger partial charge in [-0.05, 0) is 30.5 Å². The normalized spacial score (nSPS) is 17.4. The van der Waals surface area contributed by atoms with Crippen LogP contribution in [0.5, 0.6) is 0 Å². The Morgan fingerprint density at radius 1 is 1.21 bits per heavy atom. The standard InChI is InChI=1S/C16H16ClF6N3O3/c17-10-2-1-3-11(6-10)25-13(27)24-7-9-4-5-26(8-9)14(28)29-12(15(18,19)20)16(21,22)23/h1-3,6,9,12H,4-5,7-8H2,(H2,24,25,27). The van der Waals surface area contributed by atoms with Crippen LogP contribution < -0.4 is 10.6 Å². The molecule has 2 N–H and O–H groups in total. The Labute approximate surface area is 166 Å². The highest BCUT2D eigenvalue weighted by atomic mass is 35.5. The number of hydrogen-bond donors (Lipinski definition) is 2. The van der Waals surface area contributed by atoms with E-state index in [9.17, 15) is 35.9 Å². The van der Waals surface area contributed by atoms with E-state index in [1.807, 2.05) is 0 Å². The van der Waals surface area contributed by atoms with Crippen molar-refractivity contribution in [3.05, 3.63) is 29.3 Å². The molecule has 3 amide bonds. The lowest BCUT2D eigenvalue weighted by Crippen LogP contribution is -2.48. The van der Waals surface area contributed by atoms with Crippen LogP contribution in [0.1, 0.15) is 6.42 Å². The number of benzene rings is 1. The number of ether oxygens (including phenoxy) is 1. The lowest BCUT2D eigenvalue weighted by atomic mass is 10.1. The highest BCUT2D eigenvalue weighted by molar-refractivity contribution is 6.30. The van der Waals surface area contributed by atoms with Gasteiger partial charge in [0.15, 0.2) is 0 Å². The molecule has 1 aliphatic heterocycles. The molecule has 1 heterocycles. The third-order valence-electron chi connectivity index (χ3n) is 3.99. The first kappa shape index (κ1) is 22.9. The fourth-order valence-electron chi connectivity index (χ4n) is 2.64. The first-order chi connectivity index (χ1) is 13.4. The molecule has 29 heavy (non-hydrogen) atoms. The van der Waals surface area contributed by atoms with Crippen molar-refractivity contribution in [3.63, 3.8) is 0 Å². The van der Waals surface area contributed by atoms with Gasteiger partial charge in [-0.15, -0.1) is 0 Å². The average Bonchev–Trinajstić information content (AvgIpc) is 3.05. The minimum absolute atomic E-state index is 0.0537. The molecule has 1 unspecified atom stereocenters. The molecular weight excluding hydrogens is 432 g/mol. The number of nitrogens with zero attached hydrogens (tertiary/aromatic N) is 1. The summed E-state index contributed by atoms with van der Waals surface area (Å²) in [5, 5.41) is 5.43. The van der Waals surface area contributed by atoms with Crippen molar-refractivity contribution in [2.75, 3.05) is 25.0 Å². The number of nitrogens with one attached hydrogen (secondary N) is 2. The molecule has 1 fully saturated rings. The summed E-state index contributed by atoms with van der Waals surface area (Å²) in [6, 6.07) is 5.75. The van der Waals surface area contributed by atoms with E-state index in [0.29, 0.717) is 10.7 Å². The zero-order valence-corrected chi connectivity index (χ0v) is 15.4. The fraction of sp³-hybridized carbons (Fsp3) is 0.500. The first-order valence-corrected chi connectivity index (χ1v) is 8.63. The summed E-state index contributed by atoms with van der Waals surface area (Å²) < 4.78 is 78.5. The Kier molecular flexibility index (Phi) is 7.09. The Morgan fingerprint density at radius 3 is 2.45 bits per heavy atom. The predicted octanol–water partition coefficient (Wildman–Crippen LogP) is 4.41. The molecule has 162 valence electrons. The van der Waals surface area contributed by atoms with Gasteiger partial charge in [-0.3, -0.25) is 0 Å². The van der Waals surface area contributed by atoms with Crippen LogP contribution in [0.2, 0.25) is 5.02 Å². The van der Waals surface area contributed by atoms with Crippen LogP contribution in [-0.4, -0.2) is 55.1 Å². The van der Waals surface area contributed by atoms with Crippen molar-refractivity contribution >= 4 is 29.4 Å². The third kappa shape index (κ3) is 6.87. The first-order valence-electron chi connectivity index (χ1n) is 8.25. The number of rotatable bonds is 4. The predicted molar refractivity (Wildman–Crippen MR) is 90.5 cm³/mol. The molecule has 0 bridgehead atoms. The van der Waals surface area contributed by atoms with Crippen LogP contribution in [0.15, 0.2) is 24.3 Å². The van der Waals surface area contributed by atoms with Gasteiger partial charge in [0.1, 0.15) is 0 Å². The smallest absolute Gasteiger partial charge is 0.426 e. The molecule has 1 atom stereocenters. The summed E-state index contributed by atoms with van der Waals surface area (Å²) >= 11 is 5.79. The lowest BCUT2D eigenvalue weighted by Gasteiger charge is -2.25. The molecule has 2 rings (SSSR count). The van der Waals surface area contributed by atoms with Crippen molar-refractivity contribution in [3.8, 4) is 0 Å². The maximum absolute atomic E-state index is 12.5. The van der Waals surface area contributed by atoms with Crippen LogP contribution in [-0.2, 0) is 4.74 Å². The van der Waals surface area contributed by atoms with E-state index in [0.717, 1.165) is 4.90 Å². The summed E-state index contributed by atoms with van der Waals surface area (Å²) in [5.41, 5.74) is 0.428. The van der Waals surface area contributed by atoms with Gasteiger partial charge in [-0.2, -0.15) is 26.3 Å². The number of urea groups is 1. The Bertz CT molecular complexity index is 729. The van der Waals surface area contributed by atoms with Crippen molar-refractivity contribution < 1.29 is 40.7 Å². The van der Waals surface area contributed by atoms with E-state index in [2.05, 4.69) is 15.4 Å². The fourth-order valence-corrected chi connectivity index (χ4v) is 2.83. The molecule has 1 aliphatic rings. The minimum Gasteiger partial charge on any atom is -0.426 e. The number of likely N-dealkylation sites (tertiary alicyclic amines) is 1. The van der Waals surface area contributed by atoms with E-state index in [1.54, 1.807) is 18.2 Å². The van der Waals surface area contributed by atoms with Gasteiger partial charge >= 0.3 is 24.5 Å². The number of carbonyl (C=O) groups is 2. The summed E-state index contributed by atoms with van der Waals surface area (Å²) in [6.07, 6.45) is -17.2. The number of carbonyl (C=O) groups excluding carboxylic acids is 2. The van der Waals surface area contributed by atoms with Gasteiger partial charge in [0.05, 0.1) is 0 Å². The molecule has 0 saturated carbocycles. The monoisotopic (exact) mass is 447 g/mol. The molecule has 1 aromatic carbocycles. The van der Waals surface area contributed by atoms with Crippen molar-refractivity contribution in [1.29, 1.82) is 0 Å². The second kappa shape index (κ2) is 8.97. The second-order valence-electron chi connectivity index (χ2n) is 6.29. The molecular formula is C16H16ClF6N3O3. The molecule has 0 aromatic heterocycles. The molecule has 0 radical (unpaired) electrons. The van der Waals surface area contributed by atoms with Gasteiger partial charge < -0.3 is 20.3 Å².